The van der Waals surface area contributed by atoms with Gasteiger partial charge in [0.1, 0.15) is 0 Å². The highest BCUT2D eigenvalue weighted by atomic mass is 16.5. The summed E-state index contributed by atoms with van der Waals surface area (Å²) in [6.45, 7) is 3.48. The van der Waals surface area contributed by atoms with Gasteiger partial charge in [0.25, 0.3) is 11.8 Å². The zero-order chi connectivity index (χ0) is 16.4. The average Bonchev–Trinajstić information content (AvgIpc) is 3.34. The topological polar surface area (TPSA) is 62.5 Å². The van der Waals surface area contributed by atoms with Crippen LogP contribution in [0.2, 0.25) is 0 Å². The molecule has 0 N–H and O–H groups in total. The van der Waals surface area contributed by atoms with Crippen LogP contribution in [0.15, 0.2) is 34.9 Å². The SMILES string of the molecule is O=C(C1CCN(c2noc(-c3ccccc3)n2)CC1)N1CCCC1. The van der Waals surface area contributed by atoms with Crippen molar-refractivity contribution in [2.45, 2.75) is 25.7 Å². The van der Waals surface area contributed by atoms with E-state index < -0.39 is 0 Å². The summed E-state index contributed by atoms with van der Waals surface area (Å²) in [6, 6.07) is 9.78. The molecule has 1 aromatic carbocycles. The van der Waals surface area contributed by atoms with E-state index in [0.29, 0.717) is 17.7 Å². The Morgan fingerprint density at radius 2 is 1.75 bits per heavy atom. The number of likely N-dealkylation sites (tertiary alicyclic amines) is 1. The number of hydrogen-bond acceptors (Lipinski definition) is 5. The molecule has 24 heavy (non-hydrogen) atoms. The number of nitrogens with zero attached hydrogens (tertiary/aromatic N) is 4. The second kappa shape index (κ2) is 6.63. The van der Waals surface area contributed by atoms with Crippen molar-refractivity contribution in [2.75, 3.05) is 31.1 Å². The molecule has 0 spiro atoms. The Labute approximate surface area is 141 Å². The normalized spacial score (nSPS) is 19.0. The number of carbonyl (C=O) groups excluding carboxylic acids is 1. The van der Waals surface area contributed by atoms with Crippen LogP contribution in [0.3, 0.4) is 0 Å². The highest BCUT2D eigenvalue weighted by Crippen LogP contribution is 2.26. The van der Waals surface area contributed by atoms with Gasteiger partial charge in [0, 0.05) is 37.7 Å². The summed E-state index contributed by atoms with van der Waals surface area (Å²) in [4.78, 5) is 21.1. The third-order valence-corrected chi connectivity index (χ3v) is 4.98. The fraction of sp³-hybridized carbons (Fsp3) is 0.500. The van der Waals surface area contributed by atoms with Crippen molar-refractivity contribution in [2.24, 2.45) is 5.92 Å². The minimum absolute atomic E-state index is 0.153. The van der Waals surface area contributed by atoms with E-state index in [2.05, 4.69) is 15.0 Å². The van der Waals surface area contributed by atoms with Crippen LogP contribution < -0.4 is 4.90 Å². The van der Waals surface area contributed by atoms with Crippen molar-refractivity contribution in [1.29, 1.82) is 0 Å². The lowest BCUT2D eigenvalue weighted by Crippen LogP contribution is -2.42. The second-order valence-electron chi connectivity index (χ2n) is 6.56. The summed E-state index contributed by atoms with van der Waals surface area (Å²) < 4.78 is 5.38. The monoisotopic (exact) mass is 326 g/mol. The molecule has 1 aromatic heterocycles. The van der Waals surface area contributed by atoms with Gasteiger partial charge in [-0.3, -0.25) is 4.79 Å². The summed E-state index contributed by atoms with van der Waals surface area (Å²) >= 11 is 0. The zero-order valence-corrected chi connectivity index (χ0v) is 13.7. The average molecular weight is 326 g/mol. The molecule has 1 amide bonds. The molecule has 0 unspecified atom stereocenters. The lowest BCUT2D eigenvalue weighted by molar-refractivity contribution is -0.135. The Hall–Kier alpha value is -2.37. The first kappa shape index (κ1) is 15.2. The van der Waals surface area contributed by atoms with Crippen LogP contribution >= 0.6 is 0 Å². The van der Waals surface area contributed by atoms with Gasteiger partial charge >= 0.3 is 0 Å². The quantitative estimate of drug-likeness (QED) is 0.867. The summed E-state index contributed by atoms with van der Waals surface area (Å²) in [5.41, 5.74) is 0.926. The van der Waals surface area contributed by atoms with Crippen LogP contribution in [0.25, 0.3) is 11.5 Å². The van der Waals surface area contributed by atoms with Crippen LogP contribution in [-0.2, 0) is 4.79 Å². The molecule has 3 heterocycles. The molecule has 2 aromatic rings. The molecule has 2 saturated heterocycles. The Balaban J connectivity index is 1.38. The molecule has 6 heteroatoms. The first-order valence-electron chi connectivity index (χ1n) is 8.74. The molecule has 126 valence electrons. The van der Waals surface area contributed by atoms with Gasteiger partial charge < -0.3 is 14.3 Å². The van der Waals surface area contributed by atoms with Crippen molar-refractivity contribution < 1.29 is 9.32 Å². The predicted molar refractivity (Wildman–Crippen MR) is 90.5 cm³/mol. The Morgan fingerprint density at radius 1 is 1.04 bits per heavy atom. The number of benzene rings is 1. The lowest BCUT2D eigenvalue weighted by Gasteiger charge is -2.32. The van der Waals surface area contributed by atoms with Crippen LogP contribution in [-0.4, -0.2) is 47.1 Å². The van der Waals surface area contributed by atoms with E-state index in [0.717, 1.165) is 57.4 Å². The smallest absolute Gasteiger partial charge is 0.266 e. The number of aromatic nitrogens is 2. The second-order valence-corrected chi connectivity index (χ2v) is 6.56. The van der Waals surface area contributed by atoms with Crippen LogP contribution in [0, 0.1) is 5.92 Å². The van der Waals surface area contributed by atoms with Crippen molar-refractivity contribution in [1.82, 2.24) is 15.0 Å². The van der Waals surface area contributed by atoms with E-state index in [9.17, 15) is 4.79 Å². The van der Waals surface area contributed by atoms with Crippen LogP contribution in [0.1, 0.15) is 25.7 Å². The molecule has 0 radical (unpaired) electrons. The lowest BCUT2D eigenvalue weighted by atomic mass is 9.95. The molecule has 2 aliphatic rings. The number of anilines is 1. The Bertz CT molecular complexity index is 686. The number of piperidine rings is 1. The van der Waals surface area contributed by atoms with E-state index in [1.807, 2.05) is 35.2 Å². The molecular formula is C18H22N4O2. The van der Waals surface area contributed by atoms with Gasteiger partial charge in [0.2, 0.25) is 5.91 Å². The molecule has 4 rings (SSSR count). The minimum Gasteiger partial charge on any atom is -0.342 e. The summed E-state index contributed by atoms with van der Waals surface area (Å²) in [5.74, 6) is 1.66. The van der Waals surface area contributed by atoms with Gasteiger partial charge in [0.05, 0.1) is 0 Å². The van der Waals surface area contributed by atoms with E-state index in [4.69, 9.17) is 4.52 Å². The number of hydrogen-bond donors (Lipinski definition) is 0. The van der Waals surface area contributed by atoms with E-state index in [1.54, 1.807) is 0 Å². The maximum absolute atomic E-state index is 12.5. The number of rotatable bonds is 3. The summed E-state index contributed by atoms with van der Waals surface area (Å²) in [6.07, 6.45) is 4.03. The molecule has 2 fully saturated rings. The summed E-state index contributed by atoms with van der Waals surface area (Å²) in [5, 5.41) is 4.11. The van der Waals surface area contributed by atoms with E-state index in [1.165, 1.54) is 0 Å². The first-order valence-corrected chi connectivity index (χ1v) is 8.74. The Morgan fingerprint density at radius 3 is 2.46 bits per heavy atom. The molecule has 2 aliphatic heterocycles. The largest absolute Gasteiger partial charge is 0.342 e. The van der Waals surface area contributed by atoms with Gasteiger partial charge in [-0.15, -0.1) is 0 Å². The maximum atomic E-state index is 12.5. The highest BCUT2D eigenvalue weighted by molar-refractivity contribution is 5.79. The first-order chi connectivity index (χ1) is 11.8. The minimum atomic E-state index is 0.153. The van der Waals surface area contributed by atoms with Gasteiger partial charge in [-0.2, -0.15) is 4.98 Å². The molecular weight excluding hydrogens is 304 g/mol. The molecule has 0 saturated carbocycles. The van der Waals surface area contributed by atoms with Crippen molar-refractivity contribution in [3.63, 3.8) is 0 Å². The highest BCUT2D eigenvalue weighted by Gasteiger charge is 2.31. The van der Waals surface area contributed by atoms with Gasteiger partial charge in [-0.25, -0.2) is 0 Å². The Kier molecular flexibility index (Phi) is 4.19. The van der Waals surface area contributed by atoms with Gasteiger partial charge in [0.15, 0.2) is 0 Å². The van der Waals surface area contributed by atoms with Crippen molar-refractivity contribution in [3.8, 4) is 11.5 Å². The number of carbonyl (C=O) groups is 1. The van der Waals surface area contributed by atoms with Crippen molar-refractivity contribution in [3.05, 3.63) is 30.3 Å². The van der Waals surface area contributed by atoms with Crippen LogP contribution in [0.5, 0.6) is 0 Å². The standard InChI is InChI=1S/C18H22N4O2/c23-17(21-10-4-5-11-21)15-8-12-22(13-9-15)18-19-16(24-20-18)14-6-2-1-3-7-14/h1-3,6-7,15H,4-5,8-13H2. The zero-order valence-electron chi connectivity index (χ0n) is 13.7. The molecule has 6 nitrogen and oxygen atoms in total. The fourth-order valence-electron chi connectivity index (χ4n) is 3.56. The van der Waals surface area contributed by atoms with E-state index >= 15 is 0 Å². The fourth-order valence-corrected chi connectivity index (χ4v) is 3.56. The third kappa shape index (κ3) is 3.00. The molecule has 0 aliphatic carbocycles. The maximum Gasteiger partial charge on any atom is 0.266 e. The van der Waals surface area contributed by atoms with Gasteiger partial charge in [-0.05, 0) is 43.0 Å². The molecule has 0 bridgehead atoms. The van der Waals surface area contributed by atoms with Crippen LogP contribution in [0.4, 0.5) is 5.95 Å². The molecule has 0 atom stereocenters. The third-order valence-electron chi connectivity index (χ3n) is 4.98. The van der Waals surface area contributed by atoms with Crippen molar-refractivity contribution >= 4 is 11.9 Å². The number of amides is 1. The summed E-state index contributed by atoms with van der Waals surface area (Å²) in [7, 11) is 0. The predicted octanol–water partition coefficient (Wildman–Crippen LogP) is 2.58. The van der Waals surface area contributed by atoms with E-state index in [-0.39, 0.29) is 5.92 Å². The van der Waals surface area contributed by atoms with Gasteiger partial charge in [-0.1, -0.05) is 18.2 Å².